The lowest BCUT2D eigenvalue weighted by Gasteiger charge is -2.31. The Hall–Kier alpha value is -2.77. The summed E-state index contributed by atoms with van der Waals surface area (Å²) in [5.41, 5.74) is 0.434. The summed E-state index contributed by atoms with van der Waals surface area (Å²) in [6.45, 7) is 0.806. The number of aromatic nitrogens is 3. The van der Waals surface area contributed by atoms with Gasteiger partial charge in [0.15, 0.2) is 5.03 Å². The number of sulfonamides is 1. The number of pyridine rings is 1. The Labute approximate surface area is 176 Å². The molecule has 1 aliphatic carbocycles. The van der Waals surface area contributed by atoms with E-state index in [1.54, 1.807) is 12.1 Å². The Morgan fingerprint density at radius 3 is 2.43 bits per heavy atom. The summed E-state index contributed by atoms with van der Waals surface area (Å²) < 4.78 is 26.9. The third kappa shape index (κ3) is 4.52. The van der Waals surface area contributed by atoms with Crippen molar-refractivity contribution in [1.29, 1.82) is 5.26 Å². The molecule has 9 nitrogen and oxygen atoms in total. The van der Waals surface area contributed by atoms with E-state index < -0.39 is 10.0 Å². The standard InChI is InChI=1S/C20H25N7O2S/c21-13-15-14-23-20(26-19(15)24-16-5-1-2-6-16)25-17-8-11-27(12-9-17)30(28,29)18-7-3-4-10-22-18/h3-4,7,10,14,16-17H,1-2,5-6,8-9,11-12H2,(H2,23,24,25,26). The highest BCUT2D eigenvalue weighted by Crippen LogP contribution is 2.25. The van der Waals surface area contributed by atoms with Crippen molar-refractivity contribution >= 4 is 21.8 Å². The average Bonchev–Trinajstić information content (AvgIpc) is 3.28. The summed E-state index contributed by atoms with van der Waals surface area (Å²) in [6.07, 6.45) is 8.85. The highest BCUT2D eigenvalue weighted by molar-refractivity contribution is 7.89. The van der Waals surface area contributed by atoms with E-state index >= 15 is 0 Å². The molecule has 1 aliphatic heterocycles. The molecule has 10 heteroatoms. The lowest BCUT2D eigenvalue weighted by atomic mass is 10.1. The molecule has 0 amide bonds. The van der Waals surface area contributed by atoms with Crippen LogP contribution in [-0.4, -0.2) is 52.8 Å². The van der Waals surface area contributed by atoms with E-state index in [0.717, 1.165) is 12.8 Å². The van der Waals surface area contributed by atoms with Gasteiger partial charge < -0.3 is 10.6 Å². The SMILES string of the molecule is N#Cc1cnc(NC2CCN(S(=O)(=O)c3ccccn3)CC2)nc1NC1CCCC1. The van der Waals surface area contributed by atoms with E-state index in [-0.39, 0.29) is 11.1 Å². The first kappa shape index (κ1) is 20.5. The Balaban J connectivity index is 1.38. The fourth-order valence-electron chi connectivity index (χ4n) is 3.96. The third-order valence-corrected chi connectivity index (χ3v) is 7.45. The number of rotatable bonds is 6. The molecule has 2 N–H and O–H groups in total. The Kier molecular flexibility index (Phi) is 6.11. The molecule has 30 heavy (non-hydrogen) atoms. The largest absolute Gasteiger partial charge is 0.366 e. The monoisotopic (exact) mass is 427 g/mol. The molecular formula is C20H25N7O2S. The maximum absolute atomic E-state index is 12.7. The average molecular weight is 428 g/mol. The maximum atomic E-state index is 12.7. The molecule has 0 aromatic carbocycles. The van der Waals surface area contributed by atoms with E-state index in [9.17, 15) is 13.7 Å². The van der Waals surface area contributed by atoms with Crippen molar-refractivity contribution in [2.24, 2.45) is 0 Å². The van der Waals surface area contributed by atoms with Crippen LogP contribution in [0.4, 0.5) is 11.8 Å². The lowest BCUT2D eigenvalue weighted by Crippen LogP contribution is -2.42. The van der Waals surface area contributed by atoms with Crippen LogP contribution < -0.4 is 10.6 Å². The van der Waals surface area contributed by atoms with E-state index in [1.165, 1.54) is 35.6 Å². The summed E-state index contributed by atoms with van der Waals surface area (Å²) >= 11 is 0. The van der Waals surface area contributed by atoms with Crippen LogP contribution >= 0.6 is 0 Å². The van der Waals surface area contributed by atoms with Crippen molar-refractivity contribution in [2.45, 2.75) is 55.6 Å². The molecule has 0 bridgehead atoms. The number of hydrogen-bond donors (Lipinski definition) is 2. The zero-order valence-corrected chi connectivity index (χ0v) is 17.5. The minimum atomic E-state index is -3.57. The van der Waals surface area contributed by atoms with Crippen LogP contribution in [0.5, 0.6) is 0 Å². The van der Waals surface area contributed by atoms with Gasteiger partial charge >= 0.3 is 0 Å². The molecule has 158 valence electrons. The third-order valence-electron chi connectivity index (χ3n) is 5.63. The van der Waals surface area contributed by atoms with E-state index in [0.29, 0.717) is 49.3 Å². The Morgan fingerprint density at radius 1 is 1.03 bits per heavy atom. The Morgan fingerprint density at radius 2 is 1.77 bits per heavy atom. The number of piperidine rings is 1. The fraction of sp³-hybridized carbons (Fsp3) is 0.500. The minimum Gasteiger partial charge on any atom is -0.366 e. The van der Waals surface area contributed by atoms with Crippen molar-refractivity contribution in [3.63, 3.8) is 0 Å². The summed E-state index contributed by atoms with van der Waals surface area (Å²) in [4.78, 5) is 12.8. The van der Waals surface area contributed by atoms with Gasteiger partial charge in [0.2, 0.25) is 5.95 Å². The van der Waals surface area contributed by atoms with E-state index in [1.807, 2.05) is 0 Å². The van der Waals surface area contributed by atoms with Crippen LogP contribution in [0.3, 0.4) is 0 Å². The second-order valence-electron chi connectivity index (χ2n) is 7.68. The molecule has 4 rings (SSSR count). The van der Waals surface area contributed by atoms with Crippen molar-refractivity contribution in [2.75, 3.05) is 23.7 Å². The zero-order chi connectivity index (χ0) is 21.0. The van der Waals surface area contributed by atoms with Gasteiger partial charge in [-0.15, -0.1) is 0 Å². The molecule has 2 aromatic rings. The molecule has 0 radical (unpaired) electrons. The van der Waals surface area contributed by atoms with E-state index in [4.69, 9.17) is 0 Å². The first-order chi connectivity index (χ1) is 14.6. The van der Waals surface area contributed by atoms with Gasteiger partial charge in [0.1, 0.15) is 17.5 Å². The van der Waals surface area contributed by atoms with Crippen molar-refractivity contribution in [3.8, 4) is 6.07 Å². The quantitative estimate of drug-likeness (QED) is 0.720. The first-order valence-electron chi connectivity index (χ1n) is 10.3. The number of anilines is 2. The predicted octanol–water partition coefficient (Wildman–Crippen LogP) is 2.36. The number of hydrogen-bond acceptors (Lipinski definition) is 8. The molecule has 0 atom stereocenters. The second-order valence-corrected chi connectivity index (χ2v) is 9.57. The highest BCUT2D eigenvalue weighted by Gasteiger charge is 2.30. The van der Waals surface area contributed by atoms with Crippen LogP contribution in [0.25, 0.3) is 0 Å². The molecule has 2 aliphatic rings. The minimum absolute atomic E-state index is 0.0625. The van der Waals surface area contributed by atoms with Crippen molar-refractivity contribution in [3.05, 3.63) is 36.2 Å². The Bertz CT molecular complexity index is 1010. The van der Waals surface area contributed by atoms with Crippen LogP contribution in [0, 0.1) is 11.3 Å². The number of nitrogens with one attached hydrogen (secondary N) is 2. The van der Waals surface area contributed by atoms with E-state index in [2.05, 4.69) is 31.7 Å². The summed E-state index contributed by atoms with van der Waals surface area (Å²) in [6, 6.07) is 7.44. The van der Waals surface area contributed by atoms with Crippen LogP contribution in [-0.2, 0) is 10.0 Å². The topological polar surface area (TPSA) is 124 Å². The van der Waals surface area contributed by atoms with Gasteiger partial charge in [-0.25, -0.2) is 18.4 Å². The van der Waals surface area contributed by atoms with Crippen LogP contribution in [0.1, 0.15) is 44.1 Å². The summed E-state index contributed by atoms with van der Waals surface area (Å²) in [5.74, 6) is 1.03. The second kappa shape index (κ2) is 8.93. The highest BCUT2D eigenvalue weighted by atomic mass is 32.2. The smallest absolute Gasteiger partial charge is 0.260 e. The lowest BCUT2D eigenvalue weighted by molar-refractivity contribution is 0.328. The van der Waals surface area contributed by atoms with Gasteiger partial charge in [-0.1, -0.05) is 18.9 Å². The molecular weight excluding hydrogens is 402 g/mol. The van der Waals surface area contributed by atoms with Gasteiger partial charge in [-0.05, 0) is 37.8 Å². The summed E-state index contributed by atoms with van der Waals surface area (Å²) in [5, 5.41) is 16.1. The molecule has 1 saturated carbocycles. The number of nitriles is 1. The predicted molar refractivity (Wildman–Crippen MR) is 112 cm³/mol. The maximum Gasteiger partial charge on any atom is 0.260 e. The molecule has 1 saturated heterocycles. The molecule has 2 aromatic heterocycles. The fourth-order valence-corrected chi connectivity index (χ4v) is 5.36. The van der Waals surface area contributed by atoms with Gasteiger partial charge in [0, 0.05) is 31.4 Å². The van der Waals surface area contributed by atoms with Crippen LogP contribution in [0.2, 0.25) is 0 Å². The normalized spacial score (nSPS) is 18.8. The van der Waals surface area contributed by atoms with Gasteiger partial charge in [0.05, 0.1) is 6.20 Å². The van der Waals surface area contributed by atoms with Crippen molar-refractivity contribution in [1.82, 2.24) is 19.3 Å². The molecule has 2 fully saturated rings. The first-order valence-corrected chi connectivity index (χ1v) is 11.7. The van der Waals surface area contributed by atoms with Crippen molar-refractivity contribution < 1.29 is 8.42 Å². The van der Waals surface area contributed by atoms with Gasteiger partial charge in [0.25, 0.3) is 10.0 Å². The molecule has 0 unspecified atom stereocenters. The number of nitrogens with zero attached hydrogens (tertiary/aromatic N) is 5. The van der Waals surface area contributed by atoms with Gasteiger partial charge in [-0.3, -0.25) is 0 Å². The summed E-state index contributed by atoms with van der Waals surface area (Å²) in [7, 11) is -3.57. The molecule has 0 spiro atoms. The molecule has 3 heterocycles. The zero-order valence-electron chi connectivity index (χ0n) is 16.7. The van der Waals surface area contributed by atoms with Crippen LogP contribution in [0.15, 0.2) is 35.6 Å². The van der Waals surface area contributed by atoms with Gasteiger partial charge in [-0.2, -0.15) is 14.6 Å².